The highest BCUT2D eigenvalue weighted by atomic mass is 32.1. The number of carbonyl (C=O) groups is 1. The number of benzene rings is 2. The van der Waals surface area contributed by atoms with Gasteiger partial charge in [-0.25, -0.2) is 4.98 Å². The number of carbonyl (C=O) groups excluding carboxylic acids is 1. The van der Waals surface area contributed by atoms with E-state index in [4.69, 9.17) is 10.7 Å². The fourth-order valence-electron chi connectivity index (χ4n) is 4.20. The Labute approximate surface area is 203 Å². The van der Waals surface area contributed by atoms with Crippen molar-refractivity contribution in [1.82, 2.24) is 18.8 Å². The number of hydrogen-bond acceptors (Lipinski definition) is 6. The Kier molecular flexibility index (Phi) is 7.19. The Morgan fingerprint density at radius 2 is 1.82 bits per heavy atom. The van der Waals surface area contributed by atoms with E-state index in [9.17, 15) is 9.59 Å². The molecule has 4 rings (SSSR count). The largest absolute Gasteiger partial charge is 0.329 e. The van der Waals surface area contributed by atoms with Gasteiger partial charge in [-0.15, -0.1) is 0 Å². The quantitative estimate of drug-likeness (QED) is 0.415. The summed E-state index contributed by atoms with van der Waals surface area (Å²) in [5.41, 5.74) is 9.13. The molecule has 176 valence electrons. The summed E-state index contributed by atoms with van der Waals surface area (Å²) in [7, 11) is 0. The van der Waals surface area contributed by atoms with Crippen LogP contribution in [0.1, 0.15) is 52.4 Å². The molecule has 0 radical (unpaired) electrons. The second-order valence-corrected chi connectivity index (χ2v) is 9.12. The molecule has 2 aromatic carbocycles. The first-order chi connectivity index (χ1) is 16.4. The molecule has 0 fully saturated rings. The number of nitrogens with two attached hydrogens (primary N) is 1. The summed E-state index contributed by atoms with van der Waals surface area (Å²) < 4.78 is 6.06. The zero-order valence-electron chi connectivity index (χ0n) is 19.7. The summed E-state index contributed by atoms with van der Waals surface area (Å²) in [5, 5.41) is 0.537. The Bertz CT molecular complexity index is 1350. The van der Waals surface area contributed by atoms with Gasteiger partial charge in [0.25, 0.3) is 11.5 Å². The number of rotatable bonds is 8. The van der Waals surface area contributed by atoms with Gasteiger partial charge in [-0.05, 0) is 49.5 Å². The van der Waals surface area contributed by atoms with Crippen molar-refractivity contribution in [2.24, 2.45) is 5.73 Å². The lowest BCUT2D eigenvalue weighted by Crippen LogP contribution is -2.41. The molecule has 0 aliphatic carbocycles. The summed E-state index contributed by atoms with van der Waals surface area (Å²) in [4.78, 5) is 34.5. The van der Waals surface area contributed by atoms with E-state index in [1.807, 2.05) is 75.4 Å². The summed E-state index contributed by atoms with van der Waals surface area (Å²) in [6.07, 6.45) is 0.585. The molecule has 2 N–H and O–H groups in total. The second-order valence-electron chi connectivity index (χ2n) is 8.37. The Hall–Kier alpha value is -3.36. The second kappa shape index (κ2) is 10.3. The minimum atomic E-state index is -0.416. The fourth-order valence-corrected chi connectivity index (χ4v) is 4.97. The predicted octanol–water partition coefficient (Wildman–Crippen LogP) is 4.07. The molecule has 34 heavy (non-hydrogen) atoms. The number of fused-ring (bicyclic) bond motifs is 1. The highest BCUT2D eigenvalue weighted by Gasteiger charge is 2.29. The van der Waals surface area contributed by atoms with Gasteiger partial charge in [0.05, 0.1) is 23.7 Å². The third kappa shape index (κ3) is 4.64. The molecule has 8 heteroatoms. The van der Waals surface area contributed by atoms with Crippen LogP contribution in [0.3, 0.4) is 0 Å². The maximum atomic E-state index is 13.7. The summed E-state index contributed by atoms with van der Waals surface area (Å²) >= 11 is 1.21. The van der Waals surface area contributed by atoms with Crippen molar-refractivity contribution in [1.29, 1.82) is 0 Å². The van der Waals surface area contributed by atoms with Crippen molar-refractivity contribution in [3.8, 4) is 0 Å². The highest BCUT2D eigenvalue weighted by Crippen LogP contribution is 2.27. The van der Waals surface area contributed by atoms with Crippen molar-refractivity contribution in [3.63, 3.8) is 0 Å². The summed E-state index contributed by atoms with van der Waals surface area (Å²) in [6.45, 7) is 6.83. The molecule has 0 aliphatic heterocycles. The lowest BCUT2D eigenvalue weighted by atomic mass is 10.1. The molecule has 7 nitrogen and oxygen atoms in total. The Morgan fingerprint density at radius 3 is 2.47 bits per heavy atom. The van der Waals surface area contributed by atoms with Crippen LogP contribution >= 0.6 is 11.5 Å². The number of amides is 1. The molecule has 2 aromatic heterocycles. The first-order valence-electron chi connectivity index (χ1n) is 11.4. The van der Waals surface area contributed by atoms with E-state index in [-0.39, 0.29) is 11.5 Å². The Morgan fingerprint density at radius 1 is 1.12 bits per heavy atom. The van der Waals surface area contributed by atoms with Crippen molar-refractivity contribution >= 4 is 27.7 Å². The summed E-state index contributed by atoms with van der Waals surface area (Å²) in [6, 6.07) is 16.9. The van der Waals surface area contributed by atoms with Gasteiger partial charge in [0.15, 0.2) is 4.83 Å². The molecular weight excluding hydrogens is 446 g/mol. The average Bonchev–Trinajstić information content (AvgIpc) is 3.22. The highest BCUT2D eigenvalue weighted by molar-refractivity contribution is 7.12. The van der Waals surface area contributed by atoms with Gasteiger partial charge in [0.1, 0.15) is 5.82 Å². The summed E-state index contributed by atoms with van der Waals surface area (Å²) in [5.74, 6) is 0.430. The van der Waals surface area contributed by atoms with Crippen LogP contribution in [-0.2, 0) is 6.54 Å². The van der Waals surface area contributed by atoms with E-state index in [1.165, 1.54) is 11.5 Å². The SMILES string of the molecule is CCC(c1nc2snc(C)c2c(=O)n1Cc1ccccc1)N(CCN)C(=O)c1ccc(C)cc1. The van der Waals surface area contributed by atoms with Crippen LogP contribution < -0.4 is 11.3 Å². The molecule has 1 unspecified atom stereocenters. The van der Waals surface area contributed by atoms with Crippen LogP contribution in [0.15, 0.2) is 59.4 Å². The van der Waals surface area contributed by atoms with Crippen molar-refractivity contribution in [2.45, 2.75) is 39.8 Å². The first-order valence-corrected chi connectivity index (χ1v) is 12.2. The van der Waals surface area contributed by atoms with Crippen LogP contribution in [0.2, 0.25) is 0 Å². The molecule has 0 saturated carbocycles. The van der Waals surface area contributed by atoms with E-state index < -0.39 is 6.04 Å². The zero-order chi connectivity index (χ0) is 24.2. The molecule has 2 heterocycles. The number of nitrogens with zero attached hydrogens (tertiary/aromatic N) is 4. The van der Waals surface area contributed by atoms with E-state index >= 15 is 0 Å². The lowest BCUT2D eigenvalue weighted by Gasteiger charge is -2.32. The van der Waals surface area contributed by atoms with Gasteiger partial charge < -0.3 is 10.6 Å². The van der Waals surface area contributed by atoms with Crippen molar-refractivity contribution < 1.29 is 4.79 Å². The minimum absolute atomic E-state index is 0.126. The molecule has 0 bridgehead atoms. The van der Waals surface area contributed by atoms with Gasteiger partial charge in [0, 0.05) is 18.7 Å². The van der Waals surface area contributed by atoms with Crippen molar-refractivity contribution in [2.75, 3.05) is 13.1 Å². The fraction of sp³-hybridized carbons (Fsp3) is 0.308. The number of aryl methyl sites for hydroxylation is 2. The minimum Gasteiger partial charge on any atom is -0.329 e. The third-order valence-electron chi connectivity index (χ3n) is 5.97. The van der Waals surface area contributed by atoms with Crippen LogP contribution in [0.4, 0.5) is 0 Å². The van der Waals surface area contributed by atoms with Crippen LogP contribution in [0, 0.1) is 13.8 Å². The van der Waals surface area contributed by atoms with Crippen LogP contribution in [0.5, 0.6) is 0 Å². The van der Waals surface area contributed by atoms with E-state index in [1.54, 1.807) is 9.47 Å². The Balaban J connectivity index is 1.87. The first kappa shape index (κ1) is 23.8. The van der Waals surface area contributed by atoms with Gasteiger partial charge >= 0.3 is 0 Å². The monoisotopic (exact) mass is 475 g/mol. The molecule has 1 amide bonds. The molecule has 1 atom stereocenters. The molecule has 0 saturated heterocycles. The van der Waals surface area contributed by atoms with E-state index in [2.05, 4.69) is 4.37 Å². The predicted molar refractivity (Wildman–Crippen MR) is 136 cm³/mol. The third-order valence-corrected chi connectivity index (χ3v) is 6.80. The van der Waals surface area contributed by atoms with Crippen molar-refractivity contribution in [3.05, 3.63) is 93.2 Å². The van der Waals surface area contributed by atoms with Gasteiger partial charge in [-0.1, -0.05) is 55.0 Å². The van der Waals surface area contributed by atoms with Crippen LogP contribution in [-0.4, -0.2) is 37.8 Å². The maximum absolute atomic E-state index is 13.7. The molecule has 0 spiro atoms. The van der Waals surface area contributed by atoms with E-state index in [0.717, 1.165) is 11.1 Å². The van der Waals surface area contributed by atoms with Gasteiger partial charge in [-0.2, -0.15) is 4.37 Å². The smallest absolute Gasteiger partial charge is 0.264 e. The number of aromatic nitrogens is 3. The topological polar surface area (TPSA) is 94.1 Å². The van der Waals surface area contributed by atoms with Gasteiger partial charge in [0.2, 0.25) is 0 Å². The normalized spacial score (nSPS) is 12.1. The molecular formula is C26H29N5O2S. The molecule has 4 aromatic rings. The molecule has 0 aliphatic rings. The standard InChI is InChI=1S/C26H29N5O2S/c1-4-21(30(15-14-27)25(32)20-12-10-17(2)11-13-20)23-28-24-22(18(3)29-34-24)26(33)31(23)16-19-8-6-5-7-9-19/h5-13,21H,4,14-16,27H2,1-3H3. The van der Waals surface area contributed by atoms with Gasteiger partial charge in [-0.3, -0.25) is 14.2 Å². The van der Waals surface area contributed by atoms with E-state index in [0.29, 0.717) is 53.4 Å². The van der Waals surface area contributed by atoms with Crippen LogP contribution in [0.25, 0.3) is 10.2 Å². The number of hydrogen-bond donors (Lipinski definition) is 1. The lowest BCUT2D eigenvalue weighted by molar-refractivity contribution is 0.0664. The maximum Gasteiger partial charge on any atom is 0.264 e. The zero-order valence-corrected chi connectivity index (χ0v) is 20.5. The average molecular weight is 476 g/mol.